The lowest BCUT2D eigenvalue weighted by atomic mass is 10.2. The van der Waals surface area contributed by atoms with E-state index < -0.39 is 0 Å². The monoisotopic (exact) mass is 300 g/mol. The highest BCUT2D eigenvalue weighted by Gasteiger charge is 2.32. The molecule has 3 atom stereocenters. The Hall–Kier alpha value is -0.130. The zero-order valence-corrected chi connectivity index (χ0v) is 12.8. The van der Waals surface area contributed by atoms with Gasteiger partial charge in [0.2, 0.25) is 0 Å². The molecule has 0 spiro atoms. The van der Waals surface area contributed by atoms with Crippen molar-refractivity contribution in [1.29, 1.82) is 0 Å². The molecule has 0 bridgehead atoms. The first-order valence-electron chi connectivity index (χ1n) is 7.06. The molecular weight excluding hydrogens is 280 g/mol. The molecule has 1 aromatic heterocycles. The fourth-order valence-electron chi connectivity index (χ4n) is 2.98. The number of nitrogens with one attached hydrogen (secondary N) is 1. The number of thiophene rings is 1. The zero-order valence-electron chi connectivity index (χ0n) is 11.3. The Labute approximate surface area is 123 Å². The first kappa shape index (κ1) is 13.8. The molecule has 0 saturated carbocycles. The third-order valence-electron chi connectivity index (χ3n) is 4.13. The van der Waals surface area contributed by atoms with Crippen molar-refractivity contribution in [2.24, 2.45) is 0 Å². The number of nitrogens with zero attached hydrogens (tertiary/aromatic N) is 1. The molecule has 0 radical (unpaired) electrons. The molecule has 1 N–H and O–H groups in total. The Bertz CT molecular complexity index is 425. The van der Waals surface area contributed by atoms with E-state index in [0.29, 0.717) is 18.2 Å². The summed E-state index contributed by atoms with van der Waals surface area (Å²) in [6.07, 6.45) is 2.97. The van der Waals surface area contributed by atoms with Crippen molar-refractivity contribution >= 4 is 22.9 Å². The number of fused-ring (bicyclic) bond motifs is 1. The maximum absolute atomic E-state index is 5.97. The second-order valence-electron chi connectivity index (χ2n) is 5.52. The third-order valence-corrected chi connectivity index (χ3v) is 5.55. The van der Waals surface area contributed by atoms with Gasteiger partial charge in [0.25, 0.3) is 0 Å². The Morgan fingerprint density at radius 2 is 2.47 bits per heavy atom. The molecule has 0 aromatic carbocycles. The average molecular weight is 301 g/mol. The first-order chi connectivity index (χ1) is 9.22. The number of morpholine rings is 1. The van der Waals surface area contributed by atoms with E-state index in [-0.39, 0.29) is 0 Å². The molecule has 0 aliphatic carbocycles. The fraction of sp³-hybridized carbons (Fsp3) is 0.714. The van der Waals surface area contributed by atoms with Crippen LogP contribution in [0.4, 0.5) is 0 Å². The Morgan fingerprint density at radius 3 is 3.26 bits per heavy atom. The van der Waals surface area contributed by atoms with Crippen LogP contribution in [-0.4, -0.2) is 43.3 Å². The van der Waals surface area contributed by atoms with Crippen LogP contribution in [-0.2, 0) is 4.74 Å². The second kappa shape index (κ2) is 6.10. The normalized spacial score (nSPS) is 29.4. The maximum atomic E-state index is 5.97. The zero-order chi connectivity index (χ0) is 13.2. The van der Waals surface area contributed by atoms with Crippen LogP contribution in [0.5, 0.6) is 0 Å². The summed E-state index contributed by atoms with van der Waals surface area (Å²) in [6, 6.07) is 5.09. The molecule has 106 valence electrons. The van der Waals surface area contributed by atoms with Gasteiger partial charge in [0.1, 0.15) is 0 Å². The van der Waals surface area contributed by atoms with Gasteiger partial charge in [0.15, 0.2) is 0 Å². The molecule has 5 heteroatoms. The van der Waals surface area contributed by atoms with Crippen molar-refractivity contribution in [3.05, 3.63) is 21.3 Å². The van der Waals surface area contributed by atoms with E-state index in [1.165, 1.54) is 24.3 Å². The minimum atomic E-state index is 0.326. The van der Waals surface area contributed by atoms with E-state index in [9.17, 15) is 0 Å². The van der Waals surface area contributed by atoms with E-state index >= 15 is 0 Å². The van der Waals surface area contributed by atoms with Crippen LogP contribution in [0.3, 0.4) is 0 Å². The summed E-state index contributed by atoms with van der Waals surface area (Å²) in [5, 5.41) is 3.56. The third kappa shape index (κ3) is 3.31. The standard InChI is InChI=1S/C14H21ClN2OS/c1-10(13-4-5-14(15)19-13)16-7-12-8-17-6-2-3-11(17)9-18-12/h4-5,10-12,16H,2-3,6-9H2,1H3. The van der Waals surface area contributed by atoms with Gasteiger partial charge in [-0.2, -0.15) is 0 Å². The lowest BCUT2D eigenvalue weighted by Crippen LogP contribution is -2.49. The van der Waals surface area contributed by atoms with Gasteiger partial charge in [0, 0.05) is 30.1 Å². The Morgan fingerprint density at radius 1 is 1.58 bits per heavy atom. The largest absolute Gasteiger partial charge is 0.374 e. The van der Waals surface area contributed by atoms with Crippen molar-refractivity contribution in [3.8, 4) is 0 Å². The molecule has 3 rings (SSSR count). The van der Waals surface area contributed by atoms with Crippen molar-refractivity contribution in [3.63, 3.8) is 0 Å². The minimum Gasteiger partial charge on any atom is -0.374 e. The summed E-state index contributed by atoms with van der Waals surface area (Å²) >= 11 is 7.62. The summed E-state index contributed by atoms with van der Waals surface area (Å²) in [4.78, 5) is 3.88. The molecule has 2 fully saturated rings. The van der Waals surface area contributed by atoms with E-state index in [1.807, 2.05) is 6.07 Å². The van der Waals surface area contributed by atoms with Crippen molar-refractivity contribution < 1.29 is 4.74 Å². The second-order valence-corrected chi connectivity index (χ2v) is 7.26. The lowest BCUT2D eigenvalue weighted by Gasteiger charge is -2.35. The van der Waals surface area contributed by atoms with Gasteiger partial charge < -0.3 is 10.1 Å². The SMILES string of the molecule is CC(NCC1CN2CCCC2CO1)c1ccc(Cl)s1. The average Bonchev–Trinajstić information content (AvgIpc) is 3.03. The number of hydrogen-bond donors (Lipinski definition) is 1. The van der Waals surface area contributed by atoms with Gasteiger partial charge in [-0.25, -0.2) is 0 Å². The van der Waals surface area contributed by atoms with Gasteiger partial charge in [-0.15, -0.1) is 11.3 Å². The molecule has 0 amide bonds. The maximum Gasteiger partial charge on any atom is 0.0931 e. The Kier molecular flexibility index (Phi) is 4.44. The summed E-state index contributed by atoms with van der Waals surface area (Å²) in [5.74, 6) is 0. The van der Waals surface area contributed by atoms with Gasteiger partial charge in [-0.05, 0) is 38.4 Å². The molecule has 19 heavy (non-hydrogen) atoms. The van der Waals surface area contributed by atoms with Crippen LogP contribution in [0.25, 0.3) is 0 Å². The van der Waals surface area contributed by atoms with Crippen molar-refractivity contribution in [2.75, 3.05) is 26.2 Å². The van der Waals surface area contributed by atoms with Gasteiger partial charge >= 0.3 is 0 Å². The van der Waals surface area contributed by atoms with Crippen LogP contribution < -0.4 is 5.32 Å². The molecule has 3 unspecified atom stereocenters. The molecule has 1 aromatic rings. The molecule has 2 saturated heterocycles. The predicted octanol–water partition coefficient (Wildman–Crippen LogP) is 2.92. The molecule has 2 aliphatic rings. The number of rotatable bonds is 4. The van der Waals surface area contributed by atoms with E-state index in [0.717, 1.165) is 24.0 Å². The van der Waals surface area contributed by atoms with Crippen LogP contribution in [0.2, 0.25) is 4.34 Å². The topological polar surface area (TPSA) is 24.5 Å². The molecule has 3 nitrogen and oxygen atoms in total. The van der Waals surface area contributed by atoms with E-state index in [1.54, 1.807) is 11.3 Å². The van der Waals surface area contributed by atoms with Gasteiger partial charge in [-0.1, -0.05) is 11.6 Å². The highest BCUT2D eigenvalue weighted by molar-refractivity contribution is 7.16. The summed E-state index contributed by atoms with van der Waals surface area (Å²) in [7, 11) is 0. The van der Waals surface area contributed by atoms with E-state index in [2.05, 4.69) is 23.2 Å². The first-order valence-corrected chi connectivity index (χ1v) is 8.26. The summed E-state index contributed by atoms with van der Waals surface area (Å²) < 4.78 is 6.82. The van der Waals surface area contributed by atoms with Crippen LogP contribution in [0.1, 0.15) is 30.7 Å². The fourth-order valence-corrected chi connectivity index (χ4v) is 4.07. The lowest BCUT2D eigenvalue weighted by molar-refractivity contribution is -0.0477. The highest BCUT2D eigenvalue weighted by Crippen LogP contribution is 2.27. The highest BCUT2D eigenvalue weighted by atomic mass is 35.5. The molecule has 3 heterocycles. The molecular formula is C14H21ClN2OS. The predicted molar refractivity (Wildman–Crippen MR) is 80.1 cm³/mol. The number of ether oxygens (including phenoxy) is 1. The van der Waals surface area contributed by atoms with Crippen molar-refractivity contribution in [1.82, 2.24) is 10.2 Å². The van der Waals surface area contributed by atoms with E-state index in [4.69, 9.17) is 16.3 Å². The Balaban J connectivity index is 1.47. The molecule has 2 aliphatic heterocycles. The minimum absolute atomic E-state index is 0.326. The number of hydrogen-bond acceptors (Lipinski definition) is 4. The summed E-state index contributed by atoms with van der Waals surface area (Å²) in [5.41, 5.74) is 0. The quantitative estimate of drug-likeness (QED) is 0.925. The van der Waals surface area contributed by atoms with Crippen molar-refractivity contribution in [2.45, 2.75) is 38.0 Å². The summed E-state index contributed by atoms with van der Waals surface area (Å²) in [6.45, 7) is 6.34. The van der Waals surface area contributed by atoms with Gasteiger partial charge in [-0.3, -0.25) is 4.90 Å². The van der Waals surface area contributed by atoms with Gasteiger partial charge in [0.05, 0.1) is 17.0 Å². The van der Waals surface area contributed by atoms with Crippen LogP contribution in [0, 0.1) is 0 Å². The van der Waals surface area contributed by atoms with Crippen LogP contribution in [0.15, 0.2) is 12.1 Å². The smallest absolute Gasteiger partial charge is 0.0931 e. The number of halogens is 1. The van der Waals surface area contributed by atoms with Crippen LogP contribution >= 0.6 is 22.9 Å².